The number of nitrogens with zero attached hydrogens (tertiary/aromatic N) is 1. The van der Waals surface area contributed by atoms with Crippen molar-refractivity contribution in [2.75, 3.05) is 4.72 Å². The lowest BCUT2D eigenvalue weighted by Crippen LogP contribution is -2.18. The molecule has 0 aromatic carbocycles. The van der Waals surface area contributed by atoms with E-state index in [-0.39, 0.29) is 0 Å². The topological polar surface area (TPSA) is 42.0 Å². The molecule has 1 saturated carbocycles. The normalized spacial score (nSPS) is 19.0. The molecule has 1 atom stereocenters. The van der Waals surface area contributed by atoms with E-state index in [0.29, 0.717) is 11.1 Å². The third kappa shape index (κ3) is 3.01. The second-order valence-corrected chi connectivity index (χ2v) is 6.05. The van der Waals surface area contributed by atoms with Gasteiger partial charge in [0.2, 0.25) is 0 Å². The summed E-state index contributed by atoms with van der Waals surface area (Å²) in [5.41, 5.74) is 0. The van der Waals surface area contributed by atoms with Gasteiger partial charge in [0.25, 0.3) is 0 Å². The molecule has 0 spiro atoms. The van der Waals surface area contributed by atoms with Crippen molar-refractivity contribution in [2.45, 2.75) is 30.9 Å². The van der Waals surface area contributed by atoms with Gasteiger partial charge in [0.05, 0.1) is 5.25 Å². The first-order valence-corrected chi connectivity index (χ1v) is 7.05. The maximum absolute atomic E-state index is 11.9. The molecule has 1 aliphatic rings. The number of nitrogens with one attached hydrogen (secondary N) is 1. The lowest BCUT2D eigenvalue weighted by molar-refractivity contribution is 0.673. The molecule has 1 aromatic heterocycles. The second-order valence-electron chi connectivity index (χ2n) is 3.67. The number of anilines is 1. The van der Waals surface area contributed by atoms with Crippen LogP contribution in [0.3, 0.4) is 0 Å². The number of rotatable bonds is 3. The lowest BCUT2D eigenvalue weighted by atomic mass is 10.4. The minimum absolute atomic E-state index is 0.297. The molecule has 5 heteroatoms. The van der Waals surface area contributed by atoms with Crippen LogP contribution >= 0.6 is 15.9 Å². The average molecular weight is 289 g/mol. The van der Waals surface area contributed by atoms with E-state index < -0.39 is 11.0 Å². The van der Waals surface area contributed by atoms with Crippen molar-refractivity contribution >= 4 is 32.7 Å². The SMILES string of the molecule is O=S(Nc1cc(Br)ccn1)C1CCCC1. The van der Waals surface area contributed by atoms with E-state index in [2.05, 4.69) is 25.6 Å². The zero-order valence-electron chi connectivity index (χ0n) is 8.28. The van der Waals surface area contributed by atoms with E-state index in [1.54, 1.807) is 6.20 Å². The van der Waals surface area contributed by atoms with Crippen LogP contribution in [0.2, 0.25) is 0 Å². The molecular weight excluding hydrogens is 276 g/mol. The van der Waals surface area contributed by atoms with E-state index in [4.69, 9.17) is 0 Å². The lowest BCUT2D eigenvalue weighted by Gasteiger charge is -2.10. The van der Waals surface area contributed by atoms with E-state index in [9.17, 15) is 4.21 Å². The summed E-state index contributed by atoms with van der Waals surface area (Å²) >= 11 is 3.36. The monoisotopic (exact) mass is 288 g/mol. The number of aromatic nitrogens is 1. The predicted molar refractivity (Wildman–Crippen MR) is 66.0 cm³/mol. The van der Waals surface area contributed by atoms with Crippen LogP contribution in [0.4, 0.5) is 5.82 Å². The Kier molecular flexibility index (Phi) is 3.75. The van der Waals surface area contributed by atoms with E-state index in [1.807, 2.05) is 12.1 Å². The Morgan fingerprint density at radius 3 is 2.87 bits per heavy atom. The van der Waals surface area contributed by atoms with Crippen LogP contribution in [0.5, 0.6) is 0 Å². The van der Waals surface area contributed by atoms with Crippen molar-refractivity contribution in [3.8, 4) is 0 Å². The van der Waals surface area contributed by atoms with Gasteiger partial charge in [-0.15, -0.1) is 0 Å². The van der Waals surface area contributed by atoms with Gasteiger partial charge in [-0.05, 0) is 25.0 Å². The minimum Gasteiger partial charge on any atom is -0.289 e. The van der Waals surface area contributed by atoms with Gasteiger partial charge >= 0.3 is 0 Å². The first-order valence-electron chi connectivity index (χ1n) is 5.04. The van der Waals surface area contributed by atoms with Crippen LogP contribution in [0.25, 0.3) is 0 Å². The minimum atomic E-state index is -0.988. The number of halogens is 1. The van der Waals surface area contributed by atoms with E-state index in [0.717, 1.165) is 17.3 Å². The Balaban J connectivity index is 1.99. The Bertz CT molecular complexity index is 366. The van der Waals surface area contributed by atoms with Crippen molar-refractivity contribution in [1.82, 2.24) is 4.98 Å². The molecule has 15 heavy (non-hydrogen) atoms. The molecule has 1 unspecified atom stereocenters. The van der Waals surface area contributed by atoms with Crippen LogP contribution in [-0.4, -0.2) is 14.4 Å². The Labute approximate surface area is 100 Å². The van der Waals surface area contributed by atoms with Gasteiger partial charge < -0.3 is 0 Å². The molecule has 0 saturated heterocycles. The van der Waals surface area contributed by atoms with Crippen molar-refractivity contribution in [1.29, 1.82) is 0 Å². The summed E-state index contributed by atoms with van der Waals surface area (Å²) in [5, 5.41) is 0.297. The predicted octanol–water partition coefficient (Wildman–Crippen LogP) is 2.86. The van der Waals surface area contributed by atoms with Crippen LogP contribution in [0.15, 0.2) is 22.8 Å². The first-order chi connectivity index (χ1) is 7.25. The zero-order valence-corrected chi connectivity index (χ0v) is 10.7. The fraction of sp³-hybridized carbons (Fsp3) is 0.500. The van der Waals surface area contributed by atoms with Gasteiger partial charge in [-0.1, -0.05) is 28.8 Å². The molecule has 1 fully saturated rings. The van der Waals surface area contributed by atoms with Gasteiger partial charge in [-0.3, -0.25) is 4.72 Å². The second kappa shape index (κ2) is 5.07. The molecule has 0 amide bonds. The summed E-state index contributed by atoms with van der Waals surface area (Å²) in [6.07, 6.45) is 6.22. The van der Waals surface area contributed by atoms with Gasteiger partial charge in [0, 0.05) is 10.7 Å². The zero-order chi connectivity index (χ0) is 10.7. The van der Waals surface area contributed by atoms with Crippen LogP contribution < -0.4 is 4.72 Å². The molecular formula is C10H13BrN2OS. The molecule has 1 heterocycles. The highest BCUT2D eigenvalue weighted by Gasteiger charge is 2.21. The third-order valence-corrected chi connectivity index (χ3v) is 4.51. The van der Waals surface area contributed by atoms with Gasteiger partial charge in [-0.2, -0.15) is 0 Å². The van der Waals surface area contributed by atoms with Gasteiger partial charge in [0.1, 0.15) is 16.8 Å². The summed E-state index contributed by atoms with van der Waals surface area (Å²) in [7, 11) is -0.988. The Morgan fingerprint density at radius 2 is 2.20 bits per heavy atom. The highest BCUT2D eigenvalue weighted by Crippen LogP contribution is 2.23. The van der Waals surface area contributed by atoms with Crippen molar-refractivity contribution in [2.24, 2.45) is 0 Å². The van der Waals surface area contributed by atoms with Crippen molar-refractivity contribution in [3.63, 3.8) is 0 Å². The van der Waals surface area contributed by atoms with E-state index in [1.165, 1.54) is 12.8 Å². The maximum atomic E-state index is 11.9. The van der Waals surface area contributed by atoms with Crippen molar-refractivity contribution < 1.29 is 4.21 Å². The molecule has 82 valence electrons. The molecule has 1 N–H and O–H groups in total. The fourth-order valence-electron chi connectivity index (χ4n) is 1.75. The summed E-state index contributed by atoms with van der Waals surface area (Å²) in [6.45, 7) is 0. The largest absolute Gasteiger partial charge is 0.289 e. The van der Waals surface area contributed by atoms with Gasteiger partial charge in [0.15, 0.2) is 0 Å². The van der Waals surface area contributed by atoms with Crippen LogP contribution in [-0.2, 0) is 11.0 Å². The molecule has 1 aliphatic carbocycles. The van der Waals surface area contributed by atoms with Gasteiger partial charge in [-0.25, -0.2) is 9.19 Å². The Morgan fingerprint density at radius 1 is 1.47 bits per heavy atom. The Hall–Kier alpha value is -0.420. The van der Waals surface area contributed by atoms with E-state index >= 15 is 0 Å². The highest BCUT2D eigenvalue weighted by molar-refractivity contribution is 9.10. The average Bonchev–Trinajstić information content (AvgIpc) is 2.70. The maximum Gasteiger partial charge on any atom is 0.138 e. The molecule has 3 nitrogen and oxygen atoms in total. The van der Waals surface area contributed by atoms with Crippen LogP contribution in [0, 0.1) is 0 Å². The number of hydrogen-bond donors (Lipinski definition) is 1. The summed E-state index contributed by atoms with van der Waals surface area (Å²) < 4.78 is 15.8. The smallest absolute Gasteiger partial charge is 0.138 e. The number of pyridine rings is 1. The standard InChI is InChI=1S/C10H13BrN2OS/c11-8-5-6-12-10(7-8)13-15(14)9-3-1-2-4-9/h5-7,9H,1-4H2,(H,12,13). The summed E-state index contributed by atoms with van der Waals surface area (Å²) in [4.78, 5) is 4.12. The third-order valence-electron chi connectivity index (χ3n) is 2.53. The molecule has 1 aromatic rings. The van der Waals surface area contributed by atoms with Crippen molar-refractivity contribution in [3.05, 3.63) is 22.8 Å². The highest BCUT2D eigenvalue weighted by atomic mass is 79.9. The summed E-state index contributed by atoms with van der Waals surface area (Å²) in [6, 6.07) is 3.69. The first kappa shape index (κ1) is 11.1. The fourth-order valence-corrected chi connectivity index (χ4v) is 3.33. The number of hydrogen-bond acceptors (Lipinski definition) is 2. The summed E-state index contributed by atoms with van der Waals surface area (Å²) in [5.74, 6) is 0.676. The molecule has 0 bridgehead atoms. The molecule has 2 rings (SSSR count). The molecule has 0 aliphatic heterocycles. The van der Waals surface area contributed by atoms with Crippen LogP contribution in [0.1, 0.15) is 25.7 Å². The quantitative estimate of drug-likeness (QED) is 0.929. The molecule has 0 radical (unpaired) electrons.